The van der Waals surface area contributed by atoms with Gasteiger partial charge in [-0.25, -0.2) is 4.79 Å². The molecule has 0 aliphatic carbocycles. The van der Waals surface area contributed by atoms with Crippen molar-refractivity contribution in [3.05, 3.63) is 42.0 Å². The van der Waals surface area contributed by atoms with E-state index < -0.39 is 0 Å². The molecule has 3 amide bonds. The number of hydrogen-bond acceptors (Lipinski definition) is 6. The topological polar surface area (TPSA) is 98.4 Å². The molecule has 32 heavy (non-hydrogen) atoms. The molecule has 0 aromatic heterocycles. The number of carbonyl (C=O) groups excluding carboxylic acids is 2. The van der Waals surface area contributed by atoms with Crippen molar-refractivity contribution in [2.45, 2.75) is 25.9 Å². The average Bonchev–Trinajstić information content (AvgIpc) is 3.17. The first kappa shape index (κ1) is 21.6. The van der Waals surface area contributed by atoms with E-state index in [9.17, 15) is 9.59 Å². The Labute approximate surface area is 186 Å². The van der Waals surface area contributed by atoms with Crippen LogP contribution in [0, 0.1) is 0 Å². The van der Waals surface area contributed by atoms with Crippen LogP contribution in [0.15, 0.2) is 36.4 Å². The van der Waals surface area contributed by atoms with E-state index in [1.807, 2.05) is 25.1 Å². The minimum absolute atomic E-state index is 0.0523. The number of benzene rings is 2. The van der Waals surface area contributed by atoms with E-state index in [-0.39, 0.29) is 24.4 Å². The van der Waals surface area contributed by atoms with Crippen LogP contribution in [0.2, 0.25) is 0 Å². The number of ether oxygens (including phenoxy) is 4. The number of anilines is 1. The summed E-state index contributed by atoms with van der Waals surface area (Å²) in [4.78, 5) is 26.6. The minimum atomic E-state index is -0.333. The average molecular weight is 441 g/mol. The van der Waals surface area contributed by atoms with Crippen molar-refractivity contribution in [3.8, 4) is 23.0 Å². The molecule has 0 bridgehead atoms. The van der Waals surface area contributed by atoms with Gasteiger partial charge in [0.1, 0.15) is 13.2 Å². The Bertz CT molecular complexity index is 996. The van der Waals surface area contributed by atoms with Crippen LogP contribution in [-0.4, -0.2) is 51.5 Å². The molecule has 0 spiro atoms. The van der Waals surface area contributed by atoms with Crippen LogP contribution in [0.1, 0.15) is 18.9 Å². The molecule has 2 N–H and O–H groups in total. The zero-order valence-corrected chi connectivity index (χ0v) is 18.2. The Morgan fingerprint density at radius 2 is 1.94 bits per heavy atom. The summed E-state index contributed by atoms with van der Waals surface area (Å²) < 4.78 is 22.0. The molecule has 9 heteroatoms. The SMILES string of the molecule is CCOc1cc(CNC(=O)NC2CC(=O)N(c3ccc4c(c3)OCCO4)C2)ccc1OC. The summed E-state index contributed by atoms with van der Waals surface area (Å²) in [6.07, 6.45) is 0.235. The molecule has 2 aliphatic rings. The van der Waals surface area contributed by atoms with Crippen LogP contribution < -0.4 is 34.5 Å². The Morgan fingerprint density at radius 1 is 1.12 bits per heavy atom. The fourth-order valence-corrected chi connectivity index (χ4v) is 3.77. The maximum atomic E-state index is 12.5. The van der Waals surface area contributed by atoms with E-state index >= 15 is 0 Å². The number of amides is 3. The molecule has 2 aromatic carbocycles. The summed E-state index contributed by atoms with van der Waals surface area (Å²) in [5.41, 5.74) is 1.61. The van der Waals surface area contributed by atoms with Crippen molar-refractivity contribution in [3.63, 3.8) is 0 Å². The largest absolute Gasteiger partial charge is 0.493 e. The number of methoxy groups -OCH3 is 1. The summed E-state index contributed by atoms with van der Waals surface area (Å²) in [5.74, 6) is 2.52. The number of rotatable bonds is 7. The minimum Gasteiger partial charge on any atom is -0.493 e. The summed E-state index contributed by atoms with van der Waals surface area (Å²) >= 11 is 0. The number of nitrogens with one attached hydrogen (secondary N) is 2. The highest BCUT2D eigenvalue weighted by molar-refractivity contribution is 5.97. The monoisotopic (exact) mass is 441 g/mol. The lowest BCUT2D eigenvalue weighted by atomic mass is 10.2. The second-order valence-electron chi connectivity index (χ2n) is 7.48. The van der Waals surface area contributed by atoms with Crippen molar-refractivity contribution < 1.29 is 28.5 Å². The van der Waals surface area contributed by atoms with Gasteiger partial charge in [-0.05, 0) is 36.8 Å². The van der Waals surface area contributed by atoms with Gasteiger partial charge in [0.2, 0.25) is 5.91 Å². The highest BCUT2D eigenvalue weighted by atomic mass is 16.6. The highest BCUT2D eigenvalue weighted by Crippen LogP contribution is 2.35. The first-order valence-corrected chi connectivity index (χ1v) is 10.6. The van der Waals surface area contributed by atoms with Crippen LogP contribution in [0.3, 0.4) is 0 Å². The van der Waals surface area contributed by atoms with Crippen LogP contribution >= 0.6 is 0 Å². The molecule has 1 atom stereocenters. The molecule has 0 saturated carbocycles. The van der Waals surface area contributed by atoms with E-state index in [0.717, 1.165) is 11.3 Å². The Morgan fingerprint density at radius 3 is 2.72 bits per heavy atom. The first-order valence-electron chi connectivity index (χ1n) is 10.6. The van der Waals surface area contributed by atoms with E-state index in [2.05, 4.69) is 10.6 Å². The van der Waals surface area contributed by atoms with E-state index in [4.69, 9.17) is 18.9 Å². The molecule has 2 heterocycles. The van der Waals surface area contributed by atoms with Crippen molar-refractivity contribution in [1.82, 2.24) is 10.6 Å². The second-order valence-corrected chi connectivity index (χ2v) is 7.48. The lowest BCUT2D eigenvalue weighted by molar-refractivity contribution is -0.117. The smallest absolute Gasteiger partial charge is 0.315 e. The van der Waals surface area contributed by atoms with Crippen molar-refractivity contribution >= 4 is 17.6 Å². The van der Waals surface area contributed by atoms with Gasteiger partial charge < -0.3 is 34.5 Å². The molecule has 4 rings (SSSR count). The number of nitrogens with zero attached hydrogens (tertiary/aromatic N) is 1. The van der Waals surface area contributed by atoms with Crippen molar-refractivity contribution in [2.75, 3.05) is 38.4 Å². The first-order chi connectivity index (χ1) is 15.6. The summed E-state index contributed by atoms with van der Waals surface area (Å²) in [6, 6.07) is 10.3. The molecule has 9 nitrogen and oxygen atoms in total. The van der Waals surface area contributed by atoms with Crippen molar-refractivity contribution in [2.24, 2.45) is 0 Å². The van der Waals surface area contributed by atoms with Gasteiger partial charge in [0.05, 0.1) is 19.8 Å². The second kappa shape index (κ2) is 9.67. The van der Waals surface area contributed by atoms with Gasteiger partial charge in [-0.3, -0.25) is 4.79 Å². The lowest BCUT2D eigenvalue weighted by Crippen LogP contribution is -2.43. The predicted octanol–water partition coefficient (Wildman–Crippen LogP) is 2.47. The zero-order valence-electron chi connectivity index (χ0n) is 18.2. The van der Waals surface area contributed by atoms with Crippen LogP contribution in [0.25, 0.3) is 0 Å². The van der Waals surface area contributed by atoms with Crippen LogP contribution in [-0.2, 0) is 11.3 Å². The predicted molar refractivity (Wildman–Crippen MR) is 118 cm³/mol. The summed E-state index contributed by atoms with van der Waals surface area (Å²) in [5, 5.41) is 5.71. The molecule has 0 radical (unpaired) electrons. The maximum Gasteiger partial charge on any atom is 0.315 e. The summed E-state index contributed by atoms with van der Waals surface area (Å²) in [6.45, 7) is 4.12. The number of fused-ring (bicyclic) bond motifs is 1. The molecule has 1 unspecified atom stereocenters. The zero-order chi connectivity index (χ0) is 22.5. The summed E-state index contributed by atoms with van der Waals surface area (Å²) in [7, 11) is 1.58. The van der Waals surface area contributed by atoms with E-state index in [0.29, 0.717) is 55.9 Å². The Kier molecular flexibility index (Phi) is 6.53. The molecular weight excluding hydrogens is 414 g/mol. The normalized spacial score (nSPS) is 17.1. The molecule has 170 valence electrons. The third-order valence-corrected chi connectivity index (χ3v) is 5.28. The molecule has 1 saturated heterocycles. The van der Waals surface area contributed by atoms with Crippen LogP contribution in [0.4, 0.5) is 10.5 Å². The molecule has 2 aromatic rings. The highest BCUT2D eigenvalue weighted by Gasteiger charge is 2.32. The fourth-order valence-electron chi connectivity index (χ4n) is 3.77. The van der Waals surface area contributed by atoms with Crippen molar-refractivity contribution in [1.29, 1.82) is 0 Å². The van der Waals surface area contributed by atoms with Gasteiger partial charge in [0, 0.05) is 31.3 Å². The van der Waals surface area contributed by atoms with E-state index in [1.165, 1.54) is 0 Å². The maximum absolute atomic E-state index is 12.5. The third kappa shape index (κ3) is 4.82. The molecule has 2 aliphatic heterocycles. The van der Waals surface area contributed by atoms with Gasteiger partial charge in [0.15, 0.2) is 23.0 Å². The molecular formula is C23H27N3O6. The quantitative estimate of drug-likeness (QED) is 0.685. The lowest BCUT2D eigenvalue weighted by Gasteiger charge is -2.22. The van der Waals surface area contributed by atoms with Gasteiger partial charge >= 0.3 is 6.03 Å². The fraction of sp³-hybridized carbons (Fsp3) is 0.391. The van der Waals surface area contributed by atoms with Gasteiger partial charge in [0.25, 0.3) is 0 Å². The molecule has 1 fully saturated rings. The number of hydrogen-bond donors (Lipinski definition) is 2. The third-order valence-electron chi connectivity index (χ3n) is 5.28. The van der Waals surface area contributed by atoms with Gasteiger partial charge in [-0.15, -0.1) is 0 Å². The van der Waals surface area contributed by atoms with E-state index in [1.54, 1.807) is 30.2 Å². The Balaban J connectivity index is 1.32. The van der Waals surface area contributed by atoms with Gasteiger partial charge in [-0.1, -0.05) is 6.07 Å². The number of urea groups is 1. The number of carbonyl (C=O) groups is 2. The Hall–Kier alpha value is -3.62. The van der Waals surface area contributed by atoms with Gasteiger partial charge in [-0.2, -0.15) is 0 Å². The van der Waals surface area contributed by atoms with Crippen LogP contribution in [0.5, 0.6) is 23.0 Å². The standard InChI is InChI=1S/C23H27N3O6/c1-3-30-20-10-15(4-6-18(20)29-2)13-24-23(28)25-16-11-22(27)26(14-16)17-5-7-19-21(12-17)32-9-8-31-19/h4-7,10,12,16H,3,8-9,11,13-14H2,1-2H3,(H2,24,25,28).